The van der Waals surface area contributed by atoms with Gasteiger partial charge in [0.25, 0.3) is 6.33 Å². The van der Waals surface area contributed by atoms with Gasteiger partial charge in [-0.15, -0.1) is 29.7 Å². The Bertz CT molecular complexity index is 2180. The summed E-state index contributed by atoms with van der Waals surface area (Å²) in [5, 5.41) is 11.1. The minimum atomic E-state index is -0.969. The quantitative estimate of drug-likeness (QED) is 0.0879. The van der Waals surface area contributed by atoms with E-state index < -0.39 is 6.09 Å². The molecule has 7 rings (SSSR count). The van der Waals surface area contributed by atoms with Gasteiger partial charge in [-0.25, -0.2) is 19.6 Å². The molecule has 0 fully saturated rings. The summed E-state index contributed by atoms with van der Waals surface area (Å²) in [5.41, 5.74) is 4.79. The smallest absolute Gasteiger partial charge is 0.473 e. The normalized spacial score (nSPS) is 11.5. The third-order valence-electron chi connectivity index (χ3n) is 7.44. The molecular weight excluding hydrogens is 735 g/mol. The summed E-state index contributed by atoms with van der Waals surface area (Å²) in [5.74, 6) is 1.77. The standard InChI is InChI=1S/C35H26N4O4.Pt/c1-35(2,3)23-17-18-36-33(19-23)39-29-12-5-4-11-27(29)28-16-15-26(21-32(28)39)42-25-10-8-9-24(20-25)37-22-38(34(40)43-41)31-14-7-6-13-30(31)37;/h4-19,41H,1-3H3;/q-2;. The summed E-state index contributed by atoms with van der Waals surface area (Å²) >= 11 is 0. The van der Waals surface area contributed by atoms with E-state index in [0.717, 1.165) is 32.2 Å². The summed E-state index contributed by atoms with van der Waals surface area (Å²) < 4.78 is 11.2. The van der Waals surface area contributed by atoms with E-state index in [1.54, 1.807) is 22.8 Å². The maximum absolute atomic E-state index is 12.2. The van der Waals surface area contributed by atoms with Crippen molar-refractivity contribution in [2.24, 2.45) is 0 Å². The molecule has 222 valence electrons. The van der Waals surface area contributed by atoms with E-state index in [-0.39, 0.29) is 26.5 Å². The van der Waals surface area contributed by atoms with Crippen LogP contribution in [0.25, 0.3) is 44.3 Å². The number of hydrogen-bond acceptors (Lipinski definition) is 5. The first kappa shape index (κ1) is 29.3. The van der Waals surface area contributed by atoms with E-state index >= 15 is 0 Å². The molecule has 0 radical (unpaired) electrons. The molecule has 7 aromatic rings. The van der Waals surface area contributed by atoms with Gasteiger partial charge in [0.2, 0.25) is 0 Å². The van der Waals surface area contributed by atoms with Gasteiger partial charge in [-0.1, -0.05) is 68.8 Å². The van der Waals surface area contributed by atoms with E-state index in [9.17, 15) is 4.79 Å². The van der Waals surface area contributed by atoms with Crippen molar-refractivity contribution in [2.75, 3.05) is 0 Å². The SMILES string of the molecule is CC(C)(C)c1ccnc(-n2c3[c-]c(Oc4[c-]c(-n5[c-][n+](C(=O)OO)c6ccccc65)ccc4)ccc3c3ccccc32)c1.[Pt]. The Hall–Kier alpha value is -4.78. The molecule has 0 bridgehead atoms. The molecule has 8 nitrogen and oxygen atoms in total. The summed E-state index contributed by atoms with van der Waals surface area (Å²) in [4.78, 5) is 20.8. The van der Waals surface area contributed by atoms with Gasteiger partial charge in [0.15, 0.2) is 0 Å². The second-order valence-corrected chi connectivity index (χ2v) is 11.2. The number of nitrogens with zero attached hydrogens (tertiary/aromatic N) is 4. The summed E-state index contributed by atoms with van der Waals surface area (Å²) in [7, 11) is 0. The number of hydrogen-bond donors (Lipinski definition) is 1. The molecule has 0 aliphatic heterocycles. The number of carbonyl (C=O) groups excluding carboxylic acids is 1. The van der Waals surface area contributed by atoms with Crippen LogP contribution in [0.15, 0.2) is 97.2 Å². The number of rotatable bonds is 4. The van der Waals surface area contributed by atoms with Crippen LogP contribution in [-0.2, 0) is 31.4 Å². The molecule has 0 aliphatic rings. The number of para-hydroxylation sites is 3. The molecule has 44 heavy (non-hydrogen) atoms. The minimum Gasteiger partial charge on any atom is -0.510 e. The van der Waals surface area contributed by atoms with Crippen molar-refractivity contribution >= 4 is 38.9 Å². The number of fused-ring (bicyclic) bond motifs is 4. The van der Waals surface area contributed by atoms with Gasteiger partial charge in [0, 0.05) is 44.3 Å². The van der Waals surface area contributed by atoms with Crippen LogP contribution in [0.5, 0.6) is 11.5 Å². The van der Waals surface area contributed by atoms with Gasteiger partial charge < -0.3 is 13.9 Å². The van der Waals surface area contributed by atoms with Crippen LogP contribution in [0.1, 0.15) is 26.3 Å². The largest absolute Gasteiger partial charge is 0.510 e. The van der Waals surface area contributed by atoms with Crippen LogP contribution in [0.4, 0.5) is 4.79 Å². The molecule has 3 heterocycles. The molecular formula is C35H26N4O4Pt-2. The van der Waals surface area contributed by atoms with E-state index in [0.29, 0.717) is 28.2 Å². The third-order valence-corrected chi connectivity index (χ3v) is 7.44. The number of pyridine rings is 1. The fraction of sp³-hybridized carbons (Fsp3) is 0.114. The van der Waals surface area contributed by atoms with Gasteiger partial charge in [-0.3, -0.25) is 4.89 Å². The van der Waals surface area contributed by atoms with E-state index in [1.807, 2.05) is 54.7 Å². The Morgan fingerprint density at radius 3 is 2.41 bits per heavy atom. The predicted molar refractivity (Wildman–Crippen MR) is 162 cm³/mol. The first-order chi connectivity index (χ1) is 20.8. The molecule has 1 N–H and O–H groups in total. The van der Waals surface area contributed by atoms with Gasteiger partial charge in [0.05, 0.1) is 11.0 Å². The van der Waals surface area contributed by atoms with E-state index in [1.165, 1.54) is 5.56 Å². The molecule has 4 aromatic carbocycles. The Kier molecular flexibility index (Phi) is 7.57. The van der Waals surface area contributed by atoms with Crippen molar-refractivity contribution < 1.29 is 45.3 Å². The molecule has 0 spiro atoms. The average molecular weight is 762 g/mol. The average Bonchev–Trinajstić information content (AvgIpc) is 3.57. The molecule has 0 amide bonds. The number of ether oxygens (including phenoxy) is 1. The Balaban J connectivity index is 0.00000343. The topological polar surface area (TPSA) is 82.4 Å². The van der Waals surface area contributed by atoms with Crippen molar-refractivity contribution in [3.8, 4) is 23.0 Å². The van der Waals surface area contributed by atoms with Crippen LogP contribution in [0.3, 0.4) is 0 Å². The second-order valence-electron chi connectivity index (χ2n) is 11.2. The number of carbonyl (C=O) groups is 1. The summed E-state index contributed by atoms with van der Waals surface area (Å²) in [6.07, 6.45) is 3.80. The van der Waals surface area contributed by atoms with Crippen LogP contribution in [0.2, 0.25) is 0 Å². The van der Waals surface area contributed by atoms with Gasteiger partial charge in [-0.2, -0.15) is 18.2 Å². The van der Waals surface area contributed by atoms with Crippen LogP contribution < -0.4 is 9.30 Å². The zero-order chi connectivity index (χ0) is 29.7. The van der Waals surface area contributed by atoms with Crippen LogP contribution in [0, 0.1) is 18.5 Å². The number of benzene rings is 4. The molecule has 0 saturated heterocycles. The molecule has 0 saturated carbocycles. The van der Waals surface area contributed by atoms with Crippen LogP contribution in [-0.4, -0.2) is 25.5 Å². The van der Waals surface area contributed by atoms with Crippen molar-refractivity contribution in [1.29, 1.82) is 0 Å². The zero-order valence-electron chi connectivity index (χ0n) is 24.0. The maximum Gasteiger partial charge on any atom is 0.473 e. The maximum atomic E-state index is 12.2. The molecule has 0 unspecified atom stereocenters. The number of imidazole rings is 1. The molecule has 0 atom stereocenters. The fourth-order valence-electron chi connectivity index (χ4n) is 5.34. The molecule has 3 aromatic heterocycles. The Labute approximate surface area is 267 Å². The third kappa shape index (κ3) is 5.06. The van der Waals surface area contributed by atoms with Gasteiger partial charge in [-0.05, 0) is 40.3 Å². The number of aromatic nitrogens is 4. The monoisotopic (exact) mass is 761 g/mol. The molecule has 9 heteroatoms. The first-order valence-electron chi connectivity index (χ1n) is 13.8. The summed E-state index contributed by atoms with van der Waals surface area (Å²) in [6.45, 7) is 6.56. The fourth-order valence-corrected chi connectivity index (χ4v) is 5.34. The second kappa shape index (κ2) is 11.4. The van der Waals surface area contributed by atoms with Crippen molar-refractivity contribution in [2.45, 2.75) is 26.2 Å². The van der Waals surface area contributed by atoms with Crippen molar-refractivity contribution in [1.82, 2.24) is 14.1 Å². The van der Waals surface area contributed by atoms with E-state index in [2.05, 4.69) is 73.0 Å². The van der Waals surface area contributed by atoms with Gasteiger partial charge >= 0.3 is 6.09 Å². The zero-order valence-corrected chi connectivity index (χ0v) is 26.3. The summed E-state index contributed by atoms with van der Waals surface area (Å²) in [6, 6.07) is 35.7. The van der Waals surface area contributed by atoms with Crippen molar-refractivity contribution in [3.05, 3.63) is 121 Å². The predicted octanol–water partition coefficient (Wildman–Crippen LogP) is 7.36. The minimum absolute atomic E-state index is 0. The Morgan fingerprint density at radius 2 is 1.61 bits per heavy atom. The Morgan fingerprint density at radius 1 is 0.864 bits per heavy atom. The van der Waals surface area contributed by atoms with Crippen LogP contribution >= 0.6 is 0 Å². The first-order valence-corrected chi connectivity index (χ1v) is 13.8. The van der Waals surface area contributed by atoms with Crippen molar-refractivity contribution in [3.63, 3.8) is 0 Å². The van der Waals surface area contributed by atoms with Gasteiger partial charge in [0.1, 0.15) is 5.82 Å². The molecule has 0 aliphatic carbocycles. The van der Waals surface area contributed by atoms with E-state index in [4.69, 9.17) is 15.0 Å².